The largest absolute Gasteiger partial charge is 0.373 e. The number of hydrogen-bond donors (Lipinski definition) is 2. The molecule has 0 spiro atoms. The van der Waals surface area contributed by atoms with Gasteiger partial charge in [0.25, 0.3) is 5.56 Å². The Morgan fingerprint density at radius 2 is 2.17 bits per heavy atom. The topological polar surface area (TPSA) is 84.1 Å². The molecule has 1 aliphatic rings. The van der Waals surface area contributed by atoms with Crippen LogP contribution in [0.5, 0.6) is 0 Å². The lowest BCUT2D eigenvalue weighted by Gasteiger charge is -2.22. The van der Waals surface area contributed by atoms with Gasteiger partial charge in [-0.1, -0.05) is 31.0 Å². The third-order valence-electron chi connectivity index (χ3n) is 3.65. The third kappa shape index (κ3) is 6.74. The van der Waals surface area contributed by atoms with Gasteiger partial charge in [-0.3, -0.25) is 9.59 Å². The second kappa shape index (κ2) is 9.08. The predicted molar refractivity (Wildman–Crippen MR) is 90.5 cm³/mol. The smallest absolute Gasteiger partial charge is 0.251 e. The van der Waals surface area contributed by atoms with Gasteiger partial charge in [0.15, 0.2) is 5.16 Å². The molecule has 2 rings (SSSR count). The van der Waals surface area contributed by atoms with Crippen molar-refractivity contribution in [1.82, 2.24) is 15.3 Å². The van der Waals surface area contributed by atoms with Gasteiger partial charge < -0.3 is 15.0 Å². The maximum absolute atomic E-state index is 12.0. The van der Waals surface area contributed by atoms with Crippen LogP contribution in [0.15, 0.2) is 16.0 Å². The Balaban J connectivity index is 1.84. The number of rotatable bonds is 7. The SMILES string of the molecule is CC(C)OCc1cc(=O)[nH]c(SCC(=O)NC2CCCCC2)n1. The molecule has 0 aromatic carbocycles. The highest BCUT2D eigenvalue weighted by atomic mass is 32.2. The Morgan fingerprint density at radius 3 is 2.87 bits per heavy atom. The predicted octanol–water partition coefficient (Wildman–Crippen LogP) is 2.24. The molecule has 1 heterocycles. The standard InChI is InChI=1S/C16H25N3O3S/c1-11(2)22-9-13-8-14(20)19-16(18-13)23-10-15(21)17-12-6-4-3-5-7-12/h8,11-12H,3-7,9-10H2,1-2H3,(H,17,21)(H,18,19,20). The average molecular weight is 339 g/mol. The first kappa shape index (κ1) is 18.0. The van der Waals surface area contributed by atoms with Crippen molar-refractivity contribution >= 4 is 17.7 Å². The van der Waals surface area contributed by atoms with Crippen molar-refractivity contribution in [2.45, 2.75) is 69.9 Å². The summed E-state index contributed by atoms with van der Waals surface area (Å²) in [4.78, 5) is 30.6. The van der Waals surface area contributed by atoms with E-state index in [2.05, 4.69) is 15.3 Å². The summed E-state index contributed by atoms with van der Waals surface area (Å²) in [5.41, 5.74) is 0.357. The number of ether oxygens (including phenoxy) is 1. The van der Waals surface area contributed by atoms with Crippen LogP contribution in [-0.4, -0.2) is 33.8 Å². The number of hydrogen-bond acceptors (Lipinski definition) is 5. The van der Waals surface area contributed by atoms with Crippen molar-refractivity contribution in [3.05, 3.63) is 22.1 Å². The molecule has 0 atom stereocenters. The third-order valence-corrected chi connectivity index (χ3v) is 4.52. The van der Waals surface area contributed by atoms with Crippen LogP contribution >= 0.6 is 11.8 Å². The first-order chi connectivity index (χ1) is 11.0. The fraction of sp³-hybridized carbons (Fsp3) is 0.688. The van der Waals surface area contributed by atoms with Gasteiger partial charge in [0.2, 0.25) is 5.91 Å². The molecule has 0 bridgehead atoms. The van der Waals surface area contributed by atoms with Crippen LogP contribution in [0.1, 0.15) is 51.6 Å². The quantitative estimate of drug-likeness (QED) is 0.588. The van der Waals surface area contributed by atoms with Gasteiger partial charge >= 0.3 is 0 Å². The fourth-order valence-corrected chi connectivity index (χ4v) is 3.23. The zero-order valence-electron chi connectivity index (χ0n) is 13.8. The molecule has 1 aromatic heterocycles. The van der Waals surface area contributed by atoms with Gasteiger partial charge in [-0.2, -0.15) is 0 Å². The van der Waals surface area contributed by atoms with E-state index < -0.39 is 0 Å². The molecule has 0 aliphatic heterocycles. The Labute approximate surface area is 140 Å². The summed E-state index contributed by atoms with van der Waals surface area (Å²) in [6.07, 6.45) is 5.84. The minimum absolute atomic E-state index is 0.00613. The van der Waals surface area contributed by atoms with Gasteiger partial charge in [0, 0.05) is 12.1 Å². The Morgan fingerprint density at radius 1 is 1.43 bits per heavy atom. The van der Waals surface area contributed by atoms with Crippen LogP contribution in [0, 0.1) is 0 Å². The molecule has 6 nitrogen and oxygen atoms in total. The van der Waals surface area contributed by atoms with Gasteiger partial charge in [-0.05, 0) is 26.7 Å². The summed E-state index contributed by atoms with van der Waals surface area (Å²) in [7, 11) is 0. The van der Waals surface area contributed by atoms with Gasteiger partial charge in [-0.15, -0.1) is 0 Å². The Bertz CT molecular complexity index is 568. The van der Waals surface area contributed by atoms with Gasteiger partial charge in [0.1, 0.15) is 0 Å². The zero-order valence-corrected chi connectivity index (χ0v) is 14.6. The van der Waals surface area contributed by atoms with E-state index in [0.29, 0.717) is 23.5 Å². The molecule has 1 amide bonds. The van der Waals surface area contributed by atoms with Crippen LogP contribution in [0.3, 0.4) is 0 Å². The number of carbonyl (C=O) groups is 1. The molecule has 0 unspecified atom stereocenters. The van der Waals surface area contributed by atoms with Gasteiger partial charge in [0.05, 0.1) is 24.2 Å². The molecule has 23 heavy (non-hydrogen) atoms. The van der Waals surface area contributed by atoms with E-state index in [1.165, 1.54) is 37.1 Å². The molecule has 128 valence electrons. The lowest BCUT2D eigenvalue weighted by molar-refractivity contribution is -0.119. The number of aromatic nitrogens is 2. The molecule has 0 saturated heterocycles. The highest BCUT2D eigenvalue weighted by Crippen LogP contribution is 2.18. The molecule has 2 N–H and O–H groups in total. The van der Waals surface area contributed by atoms with Crippen molar-refractivity contribution in [3.8, 4) is 0 Å². The first-order valence-electron chi connectivity index (χ1n) is 8.17. The summed E-state index contributed by atoms with van der Waals surface area (Å²) >= 11 is 1.25. The van der Waals surface area contributed by atoms with E-state index in [9.17, 15) is 9.59 Å². The number of nitrogens with zero attached hydrogens (tertiary/aromatic N) is 1. The molecule has 1 saturated carbocycles. The second-order valence-corrected chi connectivity index (χ2v) is 7.06. The summed E-state index contributed by atoms with van der Waals surface area (Å²) in [5, 5.41) is 3.51. The van der Waals surface area contributed by atoms with Crippen molar-refractivity contribution in [2.24, 2.45) is 0 Å². The maximum atomic E-state index is 12.0. The van der Waals surface area contributed by atoms with Crippen molar-refractivity contribution in [2.75, 3.05) is 5.75 Å². The summed E-state index contributed by atoms with van der Waals surface area (Å²) in [6.45, 7) is 4.15. The van der Waals surface area contributed by atoms with E-state index in [0.717, 1.165) is 12.8 Å². The highest BCUT2D eigenvalue weighted by Gasteiger charge is 2.16. The van der Waals surface area contributed by atoms with Gasteiger partial charge in [-0.25, -0.2) is 4.98 Å². The van der Waals surface area contributed by atoms with E-state index in [1.807, 2.05) is 13.8 Å². The normalized spacial score (nSPS) is 15.8. The molecule has 1 fully saturated rings. The minimum Gasteiger partial charge on any atom is -0.373 e. The van der Waals surface area contributed by atoms with Crippen LogP contribution in [0.4, 0.5) is 0 Å². The average Bonchev–Trinajstić information content (AvgIpc) is 2.51. The number of carbonyl (C=O) groups excluding carboxylic acids is 1. The fourth-order valence-electron chi connectivity index (χ4n) is 2.53. The Kier molecular flexibility index (Phi) is 7.11. The maximum Gasteiger partial charge on any atom is 0.251 e. The molecule has 1 aliphatic carbocycles. The monoisotopic (exact) mass is 339 g/mol. The summed E-state index contributed by atoms with van der Waals surface area (Å²) < 4.78 is 5.46. The summed E-state index contributed by atoms with van der Waals surface area (Å²) in [6, 6.07) is 1.73. The number of amides is 1. The van der Waals surface area contributed by atoms with Crippen LogP contribution < -0.4 is 10.9 Å². The van der Waals surface area contributed by atoms with Crippen LogP contribution in [0.25, 0.3) is 0 Å². The number of H-pyrrole nitrogens is 1. The minimum atomic E-state index is -0.224. The van der Waals surface area contributed by atoms with E-state index >= 15 is 0 Å². The number of nitrogens with one attached hydrogen (secondary N) is 2. The van der Waals surface area contributed by atoms with Crippen molar-refractivity contribution < 1.29 is 9.53 Å². The van der Waals surface area contributed by atoms with Crippen molar-refractivity contribution in [3.63, 3.8) is 0 Å². The second-order valence-electron chi connectivity index (χ2n) is 6.09. The van der Waals surface area contributed by atoms with E-state index in [4.69, 9.17) is 4.74 Å². The summed E-state index contributed by atoms with van der Waals surface area (Å²) in [5.74, 6) is 0.252. The van der Waals surface area contributed by atoms with Crippen molar-refractivity contribution in [1.29, 1.82) is 0 Å². The highest BCUT2D eigenvalue weighted by molar-refractivity contribution is 7.99. The molecule has 0 radical (unpaired) electrons. The zero-order chi connectivity index (χ0) is 16.7. The van der Waals surface area contributed by atoms with Crippen LogP contribution in [0.2, 0.25) is 0 Å². The van der Waals surface area contributed by atoms with E-state index in [1.54, 1.807) is 0 Å². The molecular formula is C16H25N3O3S. The number of thioether (sulfide) groups is 1. The molecule has 7 heteroatoms. The van der Waals surface area contributed by atoms with Crippen LogP contribution in [-0.2, 0) is 16.1 Å². The first-order valence-corrected chi connectivity index (χ1v) is 9.15. The lowest BCUT2D eigenvalue weighted by Crippen LogP contribution is -2.37. The lowest BCUT2D eigenvalue weighted by atomic mass is 9.95. The molecular weight excluding hydrogens is 314 g/mol. The molecule has 1 aromatic rings. The number of aromatic amines is 1. The van der Waals surface area contributed by atoms with E-state index in [-0.39, 0.29) is 23.3 Å². The Hall–Kier alpha value is -1.34.